The molecule has 0 spiro atoms. The number of hydrogen-bond donors (Lipinski definition) is 0. The van der Waals surface area contributed by atoms with Crippen LogP contribution in [0.1, 0.15) is 22.8 Å². The highest BCUT2D eigenvalue weighted by Gasteiger charge is 2.31. The van der Waals surface area contributed by atoms with Crippen LogP contribution in [0.4, 0.5) is 13.2 Å². The van der Waals surface area contributed by atoms with E-state index in [0.717, 1.165) is 12.1 Å². The normalized spacial score (nSPS) is 16.6. The smallest absolute Gasteiger partial charge is 0.416 e. The molecule has 9 heteroatoms. The molecule has 2 heterocycles. The predicted octanol–water partition coefficient (Wildman–Crippen LogP) is 4.32. The summed E-state index contributed by atoms with van der Waals surface area (Å²) in [6, 6.07) is 13.3. The molecule has 0 aliphatic carbocycles. The maximum Gasteiger partial charge on any atom is 0.416 e. The van der Waals surface area contributed by atoms with E-state index in [0.29, 0.717) is 34.3 Å². The molecule has 0 bridgehead atoms. The maximum absolute atomic E-state index is 13.0. The van der Waals surface area contributed by atoms with E-state index in [2.05, 4.69) is 4.98 Å². The zero-order valence-electron chi connectivity index (χ0n) is 17.8. The van der Waals surface area contributed by atoms with Crippen LogP contribution in [0.5, 0.6) is 0 Å². The molecule has 1 atom stereocenters. The molecule has 4 rings (SSSR count). The highest BCUT2D eigenvalue weighted by Crippen LogP contribution is 2.32. The lowest BCUT2D eigenvalue weighted by molar-refractivity contribution is -0.161. The van der Waals surface area contributed by atoms with Gasteiger partial charge in [0.2, 0.25) is 0 Å². The molecule has 1 saturated heterocycles. The standard InChI is InChI=1S/C24H21F3N2O4/c1-2-32-23(31)21-14-29(10-11-33-21)22(30)17-7-9-20-16(12-17)6-8-19(28-20)15-4-3-5-18(13-15)24(25,26)27/h3-9,12-13,21H,2,10-11,14H2,1H3. The zero-order chi connectivity index (χ0) is 23.6. The Balaban J connectivity index is 1.56. The van der Waals surface area contributed by atoms with E-state index in [9.17, 15) is 22.8 Å². The summed E-state index contributed by atoms with van der Waals surface area (Å²) in [5.74, 6) is -0.753. The highest BCUT2D eigenvalue weighted by atomic mass is 19.4. The fourth-order valence-electron chi connectivity index (χ4n) is 3.67. The van der Waals surface area contributed by atoms with Gasteiger partial charge in [0, 0.05) is 23.1 Å². The molecule has 0 saturated carbocycles. The van der Waals surface area contributed by atoms with Gasteiger partial charge < -0.3 is 14.4 Å². The first kappa shape index (κ1) is 22.7. The monoisotopic (exact) mass is 458 g/mol. The van der Waals surface area contributed by atoms with Gasteiger partial charge in [0.15, 0.2) is 6.10 Å². The Bertz CT molecular complexity index is 1200. The van der Waals surface area contributed by atoms with E-state index in [4.69, 9.17) is 9.47 Å². The van der Waals surface area contributed by atoms with Crippen LogP contribution in [0.25, 0.3) is 22.2 Å². The lowest BCUT2D eigenvalue weighted by atomic mass is 10.0. The lowest BCUT2D eigenvalue weighted by Crippen LogP contribution is -2.49. The molecule has 1 aliphatic heterocycles. The van der Waals surface area contributed by atoms with Gasteiger partial charge in [-0.3, -0.25) is 4.79 Å². The number of fused-ring (bicyclic) bond motifs is 1. The van der Waals surface area contributed by atoms with E-state index < -0.39 is 23.8 Å². The van der Waals surface area contributed by atoms with Crippen LogP contribution in [0, 0.1) is 0 Å². The Morgan fingerprint density at radius 1 is 1.15 bits per heavy atom. The lowest BCUT2D eigenvalue weighted by Gasteiger charge is -2.31. The summed E-state index contributed by atoms with van der Waals surface area (Å²) in [5, 5.41) is 0.673. The third kappa shape index (κ3) is 4.98. The SMILES string of the molecule is CCOC(=O)C1CN(C(=O)c2ccc3nc(-c4cccc(C(F)(F)F)c4)ccc3c2)CCO1. The number of pyridine rings is 1. The number of carbonyl (C=O) groups excluding carboxylic acids is 2. The number of aromatic nitrogens is 1. The van der Waals surface area contributed by atoms with Gasteiger partial charge in [-0.05, 0) is 43.3 Å². The van der Waals surface area contributed by atoms with Crippen LogP contribution in [0.2, 0.25) is 0 Å². The Kier molecular flexibility index (Phi) is 6.33. The minimum atomic E-state index is -4.44. The summed E-state index contributed by atoms with van der Waals surface area (Å²) in [6.45, 7) is 2.60. The van der Waals surface area contributed by atoms with Gasteiger partial charge in [-0.1, -0.05) is 18.2 Å². The Labute approximate surface area is 187 Å². The molecule has 172 valence electrons. The first-order valence-electron chi connectivity index (χ1n) is 10.4. The fraction of sp³-hybridized carbons (Fsp3) is 0.292. The number of ether oxygens (including phenoxy) is 2. The van der Waals surface area contributed by atoms with Crippen LogP contribution >= 0.6 is 0 Å². The number of rotatable bonds is 4. The molecule has 1 amide bonds. The summed E-state index contributed by atoms with van der Waals surface area (Å²) < 4.78 is 49.5. The highest BCUT2D eigenvalue weighted by molar-refractivity contribution is 5.98. The van der Waals surface area contributed by atoms with Gasteiger partial charge in [0.1, 0.15) is 0 Å². The molecule has 1 aromatic heterocycles. The van der Waals surface area contributed by atoms with Gasteiger partial charge in [-0.2, -0.15) is 13.2 Å². The van der Waals surface area contributed by atoms with E-state index in [-0.39, 0.29) is 25.7 Å². The van der Waals surface area contributed by atoms with Crippen LogP contribution in [0.15, 0.2) is 54.6 Å². The third-order valence-electron chi connectivity index (χ3n) is 5.32. The van der Waals surface area contributed by atoms with Crippen molar-refractivity contribution in [3.05, 3.63) is 65.7 Å². The van der Waals surface area contributed by atoms with E-state index in [1.54, 1.807) is 43.3 Å². The van der Waals surface area contributed by atoms with Crippen molar-refractivity contribution in [2.24, 2.45) is 0 Å². The number of esters is 1. The fourth-order valence-corrected chi connectivity index (χ4v) is 3.67. The van der Waals surface area contributed by atoms with E-state index in [1.807, 2.05) is 0 Å². The summed E-state index contributed by atoms with van der Waals surface area (Å²) in [5.41, 5.74) is 0.978. The first-order valence-corrected chi connectivity index (χ1v) is 10.4. The molecule has 0 radical (unpaired) electrons. The number of benzene rings is 2. The Hall–Kier alpha value is -3.46. The second kappa shape index (κ2) is 9.19. The second-order valence-electron chi connectivity index (χ2n) is 7.55. The number of morpholine rings is 1. The van der Waals surface area contributed by atoms with Crippen molar-refractivity contribution < 1.29 is 32.2 Å². The summed E-state index contributed by atoms with van der Waals surface area (Å²) in [4.78, 5) is 30.9. The number of carbonyl (C=O) groups is 2. The predicted molar refractivity (Wildman–Crippen MR) is 114 cm³/mol. The Morgan fingerprint density at radius 2 is 1.97 bits per heavy atom. The van der Waals surface area contributed by atoms with Crippen LogP contribution < -0.4 is 0 Å². The van der Waals surface area contributed by atoms with E-state index in [1.165, 1.54) is 11.0 Å². The molecular weight excluding hydrogens is 437 g/mol. The molecular formula is C24H21F3N2O4. The van der Waals surface area contributed by atoms with Crippen molar-refractivity contribution in [1.82, 2.24) is 9.88 Å². The molecule has 1 aliphatic rings. The maximum atomic E-state index is 13.0. The van der Waals surface area contributed by atoms with Gasteiger partial charge in [-0.25, -0.2) is 9.78 Å². The summed E-state index contributed by atoms with van der Waals surface area (Å²) in [7, 11) is 0. The van der Waals surface area contributed by atoms with Crippen molar-refractivity contribution in [3.8, 4) is 11.3 Å². The number of alkyl halides is 3. The quantitative estimate of drug-likeness (QED) is 0.545. The molecule has 0 N–H and O–H groups in total. The minimum Gasteiger partial charge on any atom is -0.464 e. The number of nitrogens with zero attached hydrogens (tertiary/aromatic N) is 2. The van der Waals surface area contributed by atoms with Gasteiger partial charge >= 0.3 is 12.1 Å². The molecule has 33 heavy (non-hydrogen) atoms. The van der Waals surface area contributed by atoms with Crippen LogP contribution in [-0.4, -0.2) is 54.2 Å². The van der Waals surface area contributed by atoms with Crippen molar-refractivity contribution in [2.75, 3.05) is 26.3 Å². The zero-order valence-corrected chi connectivity index (χ0v) is 17.8. The summed E-state index contributed by atoms with van der Waals surface area (Å²) in [6.07, 6.45) is -5.26. The average Bonchev–Trinajstić information content (AvgIpc) is 2.82. The van der Waals surface area contributed by atoms with Gasteiger partial charge in [0.05, 0.1) is 36.5 Å². The number of halogens is 3. The molecule has 3 aromatic rings. The average molecular weight is 458 g/mol. The van der Waals surface area contributed by atoms with E-state index >= 15 is 0 Å². The largest absolute Gasteiger partial charge is 0.464 e. The van der Waals surface area contributed by atoms with Gasteiger partial charge in [0.25, 0.3) is 5.91 Å². The number of hydrogen-bond acceptors (Lipinski definition) is 5. The third-order valence-corrected chi connectivity index (χ3v) is 5.32. The van der Waals surface area contributed by atoms with Gasteiger partial charge in [-0.15, -0.1) is 0 Å². The van der Waals surface area contributed by atoms with Crippen molar-refractivity contribution in [3.63, 3.8) is 0 Å². The summed E-state index contributed by atoms with van der Waals surface area (Å²) >= 11 is 0. The van der Waals surface area contributed by atoms with Crippen molar-refractivity contribution in [1.29, 1.82) is 0 Å². The molecule has 2 aromatic carbocycles. The molecule has 1 fully saturated rings. The van der Waals surface area contributed by atoms with Crippen LogP contribution in [0.3, 0.4) is 0 Å². The molecule has 6 nitrogen and oxygen atoms in total. The minimum absolute atomic E-state index is 0.0996. The van der Waals surface area contributed by atoms with Crippen LogP contribution in [-0.2, 0) is 20.4 Å². The second-order valence-corrected chi connectivity index (χ2v) is 7.55. The Morgan fingerprint density at radius 3 is 2.73 bits per heavy atom. The molecule has 1 unspecified atom stereocenters. The first-order chi connectivity index (χ1) is 15.8. The number of amides is 1. The van der Waals surface area contributed by atoms with Crippen molar-refractivity contribution >= 4 is 22.8 Å². The topological polar surface area (TPSA) is 68.7 Å². The van der Waals surface area contributed by atoms with Crippen molar-refractivity contribution in [2.45, 2.75) is 19.2 Å².